The molecule has 1 nitrogen and oxygen atoms in total. The van der Waals surface area contributed by atoms with Gasteiger partial charge < -0.3 is 5.32 Å². The van der Waals surface area contributed by atoms with Gasteiger partial charge in [0, 0.05) is 18.2 Å². The van der Waals surface area contributed by atoms with Crippen molar-refractivity contribution >= 4 is 12.4 Å². The Morgan fingerprint density at radius 2 is 1.75 bits per heavy atom. The fourth-order valence-corrected chi connectivity index (χ4v) is 2.75. The zero-order valence-corrected chi connectivity index (χ0v) is 12.0. The van der Waals surface area contributed by atoms with Crippen molar-refractivity contribution in [3.05, 3.63) is 58.7 Å². The smallest absolute Gasteiger partial charge is 0.133 e. The molecule has 20 heavy (non-hydrogen) atoms. The maximum atomic E-state index is 13.9. The second-order valence-electron chi connectivity index (χ2n) is 4.94. The Morgan fingerprint density at radius 1 is 1.00 bits per heavy atom. The molecule has 0 atom stereocenters. The first-order valence-corrected chi connectivity index (χ1v) is 6.44. The summed E-state index contributed by atoms with van der Waals surface area (Å²) < 4.78 is 27.0. The Balaban J connectivity index is 0.00000147. The highest BCUT2D eigenvalue weighted by molar-refractivity contribution is 5.85. The summed E-state index contributed by atoms with van der Waals surface area (Å²) in [6, 6.07) is 7.71. The van der Waals surface area contributed by atoms with E-state index < -0.39 is 11.6 Å². The van der Waals surface area contributed by atoms with E-state index in [0.29, 0.717) is 5.56 Å². The highest BCUT2D eigenvalue weighted by Gasteiger charge is 2.17. The van der Waals surface area contributed by atoms with E-state index in [0.717, 1.165) is 36.7 Å². The minimum Gasteiger partial charge on any atom is -0.312 e. The van der Waals surface area contributed by atoms with Crippen LogP contribution in [0.5, 0.6) is 0 Å². The number of hydrogen-bond acceptors (Lipinski definition) is 1. The number of fused-ring (bicyclic) bond motifs is 1. The Morgan fingerprint density at radius 3 is 2.50 bits per heavy atom. The average molecular weight is 296 g/mol. The van der Waals surface area contributed by atoms with E-state index in [1.165, 1.54) is 23.3 Å². The summed E-state index contributed by atoms with van der Waals surface area (Å²) in [4.78, 5) is 0. The van der Waals surface area contributed by atoms with Crippen LogP contribution >= 0.6 is 12.4 Å². The molecule has 0 amide bonds. The Bertz CT molecular complexity index is 641. The highest BCUT2D eigenvalue weighted by Crippen LogP contribution is 2.32. The molecule has 0 unspecified atom stereocenters. The van der Waals surface area contributed by atoms with Gasteiger partial charge in [0.25, 0.3) is 0 Å². The maximum absolute atomic E-state index is 13.9. The number of nitrogens with one attached hydrogen (secondary N) is 1. The van der Waals surface area contributed by atoms with E-state index in [-0.39, 0.29) is 12.4 Å². The van der Waals surface area contributed by atoms with Gasteiger partial charge in [-0.1, -0.05) is 12.1 Å². The van der Waals surface area contributed by atoms with Gasteiger partial charge in [0.1, 0.15) is 11.6 Å². The van der Waals surface area contributed by atoms with Gasteiger partial charge in [-0.05, 0) is 54.3 Å². The second kappa shape index (κ2) is 5.90. The zero-order valence-electron chi connectivity index (χ0n) is 11.2. The van der Waals surface area contributed by atoms with Crippen molar-refractivity contribution in [3.8, 4) is 11.1 Å². The molecule has 1 N–H and O–H groups in total. The zero-order chi connectivity index (χ0) is 13.4. The van der Waals surface area contributed by atoms with E-state index >= 15 is 0 Å². The molecule has 4 heteroatoms. The Labute approximate surface area is 123 Å². The van der Waals surface area contributed by atoms with Crippen LogP contribution in [0.1, 0.15) is 16.7 Å². The quantitative estimate of drug-likeness (QED) is 0.838. The van der Waals surface area contributed by atoms with Gasteiger partial charge in [0.05, 0.1) is 0 Å². The van der Waals surface area contributed by atoms with Gasteiger partial charge in [0.15, 0.2) is 0 Å². The van der Waals surface area contributed by atoms with Crippen LogP contribution in [0.25, 0.3) is 11.1 Å². The second-order valence-corrected chi connectivity index (χ2v) is 4.94. The molecule has 0 saturated carbocycles. The molecule has 1 aliphatic heterocycles. The van der Waals surface area contributed by atoms with Gasteiger partial charge in [-0.15, -0.1) is 12.4 Å². The molecular weight excluding hydrogens is 280 g/mol. The molecule has 106 valence electrons. The van der Waals surface area contributed by atoms with Crippen LogP contribution in [0.3, 0.4) is 0 Å². The van der Waals surface area contributed by atoms with Crippen molar-refractivity contribution in [2.75, 3.05) is 6.54 Å². The first-order chi connectivity index (χ1) is 9.16. The molecule has 0 aromatic heterocycles. The number of rotatable bonds is 1. The van der Waals surface area contributed by atoms with E-state index in [4.69, 9.17) is 0 Å². The predicted molar refractivity (Wildman–Crippen MR) is 79.2 cm³/mol. The lowest BCUT2D eigenvalue weighted by molar-refractivity contribution is 0.585. The van der Waals surface area contributed by atoms with Crippen molar-refractivity contribution in [2.24, 2.45) is 0 Å². The molecule has 0 fully saturated rings. The van der Waals surface area contributed by atoms with Crippen LogP contribution in [-0.2, 0) is 13.0 Å². The summed E-state index contributed by atoms with van der Waals surface area (Å²) in [7, 11) is 0. The van der Waals surface area contributed by atoms with Gasteiger partial charge in [0.2, 0.25) is 0 Å². The van der Waals surface area contributed by atoms with Crippen LogP contribution in [0.4, 0.5) is 8.78 Å². The molecule has 1 aliphatic rings. The van der Waals surface area contributed by atoms with Crippen molar-refractivity contribution in [1.82, 2.24) is 5.32 Å². The first kappa shape index (κ1) is 14.9. The van der Waals surface area contributed by atoms with E-state index in [1.54, 1.807) is 0 Å². The molecular formula is C16H16ClF2N. The average Bonchev–Trinajstić information content (AvgIpc) is 2.41. The summed E-state index contributed by atoms with van der Waals surface area (Å²) in [5.74, 6) is -1.04. The van der Waals surface area contributed by atoms with Crippen LogP contribution in [0, 0.1) is 18.6 Å². The SMILES string of the molecule is Cc1ccc(-c2ccc(F)cc2F)c2c1CCNC2.Cl. The summed E-state index contributed by atoms with van der Waals surface area (Å²) in [6.45, 7) is 3.77. The van der Waals surface area contributed by atoms with Gasteiger partial charge in [-0.25, -0.2) is 8.78 Å². The normalized spacial score (nSPS) is 13.6. The van der Waals surface area contributed by atoms with Crippen LogP contribution in [-0.4, -0.2) is 6.54 Å². The molecule has 2 aromatic rings. The third-order valence-electron chi connectivity index (χ3n) is 3.74. The van der Waals surface area contributed by atoms with Crippen LogP contribution in [0.2, 0.25) is 0 Å². The maximum Gasteiger partial charge on any atom is 0.133 e. The predicted octanol–water partition coefficient (Wildman–Crippen LogP) is 4.01. The highest BCUT2D eigenvalue weighted by atomic mass is 35.5. The first-order valence-electron chi connectivity index (χ1n) is 6.44. The lowest BCUT2D eigenvalue weighted by Gasteiger charge is -2.23. The van der Waals surface area contributed by atoms with Crippen molar-refractivity contribution in [3.63, 3.8) is 0 Å². The summed E-state index contributed by atoms with van der Waals surface area (Å²) in [5.41, 5.74) is 5.01. The Hall–Kier alpha value is -1.45. The van der Waals surface area contributed by atoms with Gasteiger partial charge in [-0.3, -0.25) is 0 Å². The lowest BCUT2D eigenvalue weighted by atomic mass is 9.89. The van der Waals surface area contributed by atoms with E-state index in [9.17, 15) is 8.78 Å². The molecule has 2 aromatic carbocycles. The van der Waals surface area contributed by atoms with Crippen molar-refractivity contribution < 1.29 is 8.78 Å². The number of aryl methyl sites for hydroxylation is 1. The Kier molecular flexibility index (Phi) is 4.41. The van der Waals surface area contributed by atoms with Crippen LogP contribution < -0.4 is 5.32 Å². The van der Waals surface area contributed by atoms with E-state index in [1.807, 2.05) is 12.1 Å². The molecule has 3 rings (SSSR count). The molecule has 0 radical (unpaired) electrons. The standard InChI is InChI=1S/C16H15F2N.ClH/c1-10-2-4-13(15-9-19-7-6-12(10)15)14-5-3-11(17)8-16(14)18;/h2-5,8,19H,6-7,9H2,1H3;1H. The van der Waals surface area contributed by atoms with Crippen molar-refractivity contribution in [1.29, 1.82) is 0 Å². The fourth-order valence-electron chi connectivity index (χ4n) is 2.75. The molecule has 0 spiro atoms. The molecule has 0 bridgehead atoms. The number of benzene rings is 2. The largest absolute Gasteiger partial charge is 0.312 e. The van der Waals surface area contributed by atoms with Gasteiger partial charge >= 0.3 is 0 Å². The van der Waals surface area contributed by atoms with Crippen molar-refractivity contribution in [2.45, 2.75) is 19.9 Å². The molecule has 0 saturated heterocycles. The number of hydrogen-bond donors (Lipinski definition) is 1. The third kappa shape index (κ3) is 2.56. The fraction of sp³-hybridized carbons (Fsp3) is 0.250. The topological polar surface area (TPSA) is 12.0 Å². The molecule has 1 heterocycles. The summed E-state index contributed by atoms with van der Waals surface area (Å²) >= 11 is 0. The number of halogens is 3. The summed E-state index contributed by atoms with van der Waals surface area (Å²) in [5, 5.41) is 3.31. The van der Waals surface area contributed by atoms with Gasteiger partial charge in [-0.2, -0.15) is 0 Å². The minimum atomic E-state index is -0.541. The minimum absolute atomic E-state index is 0. The lowest BCUT2D eigenvalue weighted by Crippen LogP contribution is -2.25. The summed E-state index contributed by atoms with van der Waals surface area (Å²) in [6.07, 6.45) is 0.956. The monoisotopic (exact) mass is 295 g/mol. The van der Waals surface area contributed by atoms with Crippen LogP contribution in [0.15, 0.2) is 30.3 Å². The molecule has 0 aliphatic carbocycles. The third-order valence-corrected chi connectivity index (χ3v) is 3.74. The van der Waals surface area contributed by atoms with E-state index in [2.05, 4.69) is 12.2 Å².